The van der Waals surface area contributed by atoms with Crippen molar-refractivity contribution in [1.82, 2.24) is 0 Å². The molecule has 1 unspecified atom stereocenters. The van der Waals surface area contributed by atoms with Gasteiger partial charge in [0.05, 0.1) is 13.2 Å². The average molecular weight is 210 g/mol. The molecule has 1 saturated heterocycles. The van der Waals surface area contributed by atoms with Gasteiger partial charge in [0.25, 0.3) is 0 Å². The van der Waals surface area contributed by atoms with Crippen LogP contribution in [0.4, 0.5) is 0 Å². The van der Waals surface area contributed by atoms with Crippen LogP contribution < -0.4 is 0 Å². The lowest BCUT2D eigenvalue weighted by molar-refractivity contribution is -0.0712. The lowest BCUT2D eigenvalue weighted by Crippen LogP contribution is -2.39. The lowest BCUT2D eigenvalue weighted by atomic mass is 9.71. The fourth-order valence-corrected chi connectivity index (χ4v) is 2.01. The molecule has 0 aliphatic carbocycles. The molecule has 0 aromatic heterocycles. The second-order valence-electron chi connectivity index (χ2n) is 6.91. The molecule has 1 aliphatic rings. The molecule has 1 heterocycles. The molecule has 1 aliphatic heterocycles. The van der Waals surface area contributed by atoms with E-state index in [1.54, 1.807) is 0 Å². The van der Waals surface area contributed by atoms with E-state index >= 15 is 0 Å². The maximum Gasteiger partial charge on any atom is 0.0522 e. The molecule has 1 heteroatoms. The second kappa shape index (κ2) is 4.29. The molecule has 0 radical (unpaired) electrons. The van der Waals surface area contributed by atoms with Crippen LogP contribution in [0.15, 0.2) is 12.2 Å². The van der Waals surface area contributed by atoms with Gasteiger partial charge in [0.1, 0.15) is 0 Å². The Bertz CT molecular complexity index is 223. The predicted octanol–water partition coefficient (Wildman–Crippen LogP) is 3.90. The molecule has 0 bridgehead atoms. The molecule has 0 amide bonds. The first-order chi connectivity index (χ1) is 6.70. The van der Waals surface area contributed by atoms with Gasteiger partial charge in [-0.2, -0.15) is 0 Å². The Morgan fingerprint density at radius 1 is 1.07 bits per heavy atom. The van der Waals surface area contributed by atoms with E-state index in [1.165, 1.54) is 0 Å². The first-order valence-corrected chi connectivity index (χ1v) is 5.97. The van der Waals surface area contributed by atoms with Crippen LogP contribution in [0.2, 0.25) is 0 Å². The molecule has 0 saturated carbocycles. The molecular weight excluding hydrogens is 184 g/mol. The van der Waals surface area contributed by atoms with Crippen molar-refractivity contribution in [2.24, 2.45) is 22.7 Å². The Labute approximate surface area is 94.9 Å². The predicted molar refractivity (Wildman–Crippen MR) is 65.8 cm³/mol. The Balaban J connectivity index is 2.69. The van der Waals surface area contributed by atoms with Gasteiger partial charge in [-0.1, -0.05) is 53.7 Å². The van der Waals surface area contributed by atoms with Gasteiger partial charge in [0.2, 0.25) is 0 Å². The summed E-state index contributed by atoms with van der Waals surface area (Å²) in [5.74, 6) is 1.37. The third-order valence-corrected chi connectivity index (χ3v) is 2.98. The average Bonchev–Trinajstić information content (AvgIpc) is 1.88. The number of allylic oxidation sites excluding steroid dienone is 2. The van der Waals surface area contributed by atoms with Crippen LogP contribution in [0.5, 0.6) is 0 Å². The van der Waals surface area contributed by atoms with Crippen molar-refractivity contribution in [3.05, 3.63) is 12.2 Å². The quantitative estimate of drug-likeness (QED) is 0.628. The van der Waals surface area contributed by atoms with Gasteiger partial charge in [0, 0.05) is 5.92 Å². The van der Waals surface area contributed by atoms with Gasteiger partial charge in [0.15, 0.2) is 0 Å². The van der Waals surface area contributed by atoms with Gasteiger partial charge in [-0.05, 0) is 16.7 Å². The third-order valence-electron chi connectivity index (χ3n) is 2.98. The number of hydrogen-bond donors (Lipinski definition) is 0. The molecule has 0 aromatic rings. The number of rotatable bonds is 2. The minimum atomic E-state index is 0.286. The molecule has 0 N–H and O–H groups in total. The van der Waals surface area contributed by atoms with E-state index in [4.69, 9.17) is 4.74 Å². The summed E-state index contributed by atoms with van der Waals surface area (Å²) >= 11 is 0. The topological polar surface area (TPSA) is 9.23 Å². The van der Waals surface area contributed by atoms with Gasteiger partial charge in [-0.3, -0.25) is 0 Å². The van der Waals surface area contributed by atoms with E-state index in [0.717, 1.165) is 19.1 Å². The van der Waals surface area contributed by atoms with Crippen molar-refractivity contribution < 1.29 is 4.74 Å². The Morgan fingerprint density at radius 2 is 1.60 bits per heavy atom. The Morgan fingerprint density at radius 3 is 1.87 bits per heavy atom. The summed E-state index contributed by atoms with van der Waals surface area (Å²) in [4.78, 5) is 0. The normalized spacial score (nSPS) is 21.7. The summed E-state index contributed by atoms with van der Waals surface area (Å²) in [6.07, 6.45) is 4.76. The van der Waals surface area contributed by atoms with E-state index in [1.807, 2.05) is 0 Å². The summed E-state index contributed by atoms with van der Waals surface area (Å²) in [5, 5.41) is 0. The molecule has 1 atom stereocenters. The van der Waals surface area contributed by atoms with E-state index in [-0.39, 0.29) is 5.41 Å². The molecule has 1 nitrogen and oxygen atoms in total. The monoisotopic (exact) mass is 210 g/mol. The molecule has 1 fully saturated rings. The van der Waals surface area contributed by atoms with E-state index in [2.05, 4.69) is 53.7 Å². The van der Waals surface area contributed by atoms with Crippen LogP contribution in [0.1, 0.15) is 41.5 Å². The Kier molecular flexibility index (Phi) is 3.65. The van der Waals surface area contributed by atoms with Gasteiger partial charge >= 0.3 is 0 Å². The smallest absolute Gasteiger partial charge is 0.0522 e. The van der Waals surface area contributed by atoms with Crippen molar-refractivity contribution in [2.45, 2.75) is 41.5 Å². The maximum atomic E-state index is 5.31. The summed E-state index contributed by atoms with van der Waals surface area (Å²) in [6, 6.07) is 0. The van der Waals surface area contributed by atoms with Crippen molar-refractivity contribution >= 4 is 0 Å². The zero-order valence-electron chi connectivity index (χ0n) is 11.1. The largest absolute Gasteiger partial charge is 0.381 e. The summed E-state index contributed by atoms with van der Waals surface area (Å²) in [5.41, 5.74) is 0.629. The molecular formula is C14H26O. The fourth-order valence-electron chi connectivity index (χ4n) is 2.01. The highest BCUT2D eigenvalue weighted by Crippen LogP contribution is 2.37. The van der Waals surface area contributed by atoms with E-state index in [0.29, 0.717) is 11.3 Å². The highest BCUT2D eigenvalue weighted by molar-refractivity contribution is 5.02. The number of hydrogen-bond acceptors (Lipinski definition) is 1. The highest BCUT2D eigenvalue weighted by atomic mass is 16.5. The standard InChI is InChI=1S/C14H26O/c1-13(2,3)8-7-12(14(4,5)6)11-9-15-10-11/h7-8,11-12H,9-10H2,1-6H3/b8-7+. The van der Waals surface area contributed by atoms with Crippen LogP contribution in [-0.2, 0) is 4.74 Å². The summed E-state index contributed by atoms with van der Waals surface area (Å²) in [6.45, 7) is 15.6. The van der Waals surface area contributed by atoms with Crippen LogP contribution >= 0.6 is 0 Å². The zero-order chi connectivity index (χ0) is 11.7. The molecule has 1 rings (SSSR count). The van der Waals surface area contributed by atoms with Crippen molar-refractivity contribution in [3.63, 3.8) is 0 Å². The number of ether oxygens (including phenoxy) is 1. The van der Waals surface area contributed by atoms with Gasteiger partial charge in [-0.15, -0.1) is 0 Å². The van der Waals surface area contributed by atoms with Crippen LogP contribution in [0.25, 0.3) is 0 Å². The van der Waals surface area contributed by atoms with Crippen molar-refractivity contribution in [1.29, 1.82) is 0 Å². The zero-order valence-corrected chi connectivity index (χ0v) is 11.1. The van der Waals surface area contributed by atoms with Crippen molar-refractivity contribution in [3.8, 4) is 0 Å². The molecule has 0 spiro atoms. The van der Waals surface area contributed by atoms with Gasteiger partial charge in [-0.25, -0.2) is 0 Å². The SMILES string of the molecule is CC(C)(C)/C=C/C(C1COC1)C(C)(C)C. The van der Waals surface area contributed by atoms with Crippen LogP contribution in [0, 0.1) is 22.7 Å². The lowest BCUT2D eigenvalue weighted by Gasteiger charge is -2.40. The van der Waals surface area contributed by atoms with Crippen LogP contribution in [0.3, 0.4) is 0 Å². The molecule has 15 heavy (non-hydrogen) atoms. The van der Waals surface area contributed by atoms with E-state index in [9.17, 15) is 0 Å². The molecule has 0 aromatic carbocycles. The van der Waals surface area contributed by atoms with Crippen molar-refractivity contribution in [2.75, 3.05) is 13.2 Å². The Hall–Kier alpha value is -0.300. The summed E-state index contributed by atoms with van der Waals surface area (Å²) in [7, 11) is 0. The maximum absolute atomic E-state index is 5.31. The van der Waals surface area contributed by atoms with E-state index < -0.39 is 0 Å². The van der Waals surface area contributed by atoms with Gasteiger partial charge < -0.3 is 4.74 Å². The third kappa shape index (κ3) is 3.98. The first-order valence-electron chi connectivity index (χ1n) is 5.97. The minimum Gasteiger partial charge on any atom is -0.381 e. The summed E-state index contributed by atoms with van der Waals surface area (Å²) < 4.78 is 5.31. The fraction of sp³-hybridized carbons (Fsp3) is 0.857. The highest BCUT2D eigenvalue weighted by Gasteiger charge is 2.34. The first kappa shape index (κ1) is 12.8. The minimum absolute atomic E-state index is 0.286. The van der Waals surface area contributed by atoms with Crippen LogP contribution in [-0.4, -0.2) is 13.2 Å². The second-order valence-corrected chi connectivity index (χ2v) is 6.91. The molecule has 88 valence electrons.